The highest BCUT2D eigenvalue weighted by atomic mass is 32.1. The molecule has 2 heterocycles. The highest BCUT2D eigenvalue weighted by Gasteiger charge is 2.30. The van der Waals surface area contributed by atoms with Crippen molar-refractivity contribution in [3.63, 3.8) is 0 Å². The van der Waals surface area contributed by atoms with Crippen molar-refractivity contribution in [1.29, 1.82) is 0 Å². The fourth-order valence-electron chi connectivity index (χ4n) is 2.59. The van der Waals surface area contributed by atoms with Crippen molar-refractivity contribution >= 4 is 33.4 Å². The third kappa shape index (κ3) is 3.05. The number of fused-ring (bicyclic) bond motifs is 1. The van der Waals surface area contributed by atoms with Gasteiger partial charge in [0.1, 0.15) is 0 Å². The van der Waals surface area contributed by atoms with Crippen LogP contribution >= 0.6 is 11.3 Å². The third-order valence-corrected chi connectivity index (χ3v) is 4.88. The van der Waals surface area contributed by atoms with Crippen molar-refractivity contribution < 1.29 is 14.7 Å². The predicted molar refractivity (Wildman–Crippen MR) is 80.3 cm³/mol. The number of carbonyl (C=O) groups excluding carboxylic acids is 1. The molecule has 1 amide bonds. The summed E-state index contributed by atoms with van der Waals surface area (Å²) in [7, 11) is 0. The Balaban J connectivity index is 1.57. The largest absolute Gasteiger partial charge is 0.481 e. The number of hydrogen-bond donors (Lipinski definition) is 1. The van der Waals surface area contributed by atoms with Crippen molar-refractivity contribution in [3.05, 3.63) is 29.3 Å². The predicted octanol–water partition coefficient (Wildman–Crippen LogP) is 2.16. The minimum absolute atomic E-state index is 0.0259. The zero-order chi connectivity index (χ0) is 14.8. The van der Waals surface area contributed by atoms with Crippen LogP contribution in [0.3, 0.4) is 0 Å². The maximum Gasteiger partial charge on any atom is 0.308 e. The lowest BCUT2D eigenvalue weighted by atomic mass is 10.1. The van der Waals surface area contributed by atoms with E-state index in [9.17, 15) is 9.59 Å². The second kappa shape index (κ2) is 5.81. The first-order valence-electron chi connectivity index (χ1n) is 6.98. The number of aromatic nitrogens is 1. The van der Waals surface area contributed by atoms with Crippen LogP contribution in [0.4, 0.5) is 0 Å². The number of benzene rings is 1. The van der Waals surface area contributed by atoms with Gasteiger partial charge >= 0.3 is 5.97 Å². The Morgan fingerprint density at radius 3 is 2.90 bits per heavy atom. The van der Waals surface area contributed by atoms with Crippen LogP contribution < -0.4 is 0 Å². The third-order valence-electron chi connectivity index (χ3n) is 3.78. The van der Waals surface area contributed by atoms with E-state index in [1.165, 1.54) is 0 Å². The van der Waals surface area contributed by atoms with Crippen molar-refractivity contribution in [1.82, 2.24) is 9.88 Å². The van der Waals surface area contributed by atoms with E-state index in [2.05, 4.69) is 4.98 Å². The highest BCUT2D eigenvalue weighted by Crippen LogP contribution is 2.23. The van der Waals surface area contributed by atoms with Crippen LogP contribution in [0.5, 0.6) is 0 Å². The molecule has 5 nitrogen and oxygen atoms in total. The van der Waals surface area contributed by atoms with Crippen molar-refractivity contribution in [3.8, 4) is 0 Å². The summed E-state index contributed by atoms with van der Waals surface area (Å²) in [6, 6.07) is 7.92. The summed E-state index contributed by atoms with van der Waals surface area (Å²) >= 11 is 1.61. The number of amides is 1. The van der Waals surface area contributed by atoms with E-state index >= 15 is 0 Å². The van der Waals surface area contributed by atoms with Gasteiger partial charge in [0.05, 0.1) is 21.1 Å². The second-order valence-electron chi connectivity index (χ2n) is 5.24. The SMILES string of the molecule is O=C(O)[C@H]1CCN(C(=O)CCc2nc3ccccc3s2)C1. The van der Waals surface area contributed by atoms with E-state index in [1.807, 2.05) is 24.3 Å². The van der Waals surface area contributed by atoms with Crippen LogP contribution in [0.25, 0.3) is 10.2 Å². The molecule has 0 bridgehead atoms. The first-order chi connectivity index (χ1) is 10.1. The molecule has 1 N–H and O–H groups in total. The Kier molecular flexibility index (Phi) is 3.88. The zero-order valence-corrected chi connectivity index (χ0v) is 12.3. The number of likely N-dealkylation sites (tertiary alicyclic amines) is 1. The van der Waals surface area contributed by atoms with E-state index < -0.39 is 11.9 Å². The Morgan fingerprint density at radius 2 is 2.19 bits per heavy atom. The van der Waals surface area contributed by atoms with E-state index in [1.54, 1.807) is 16.2 Å². The summed E-state index contributed by atoms with van der Waals surface area (Å²) in [5, 5.41) is 9.91. The molecule has 1 atom stereocenters. The molecule has 1 fully saturated rings. The Morgan fingerprint density at radius 1 is 1.38 bits per heavy atom. The average Bonchev–Trinajstić information content (AvgIpc) is 3.11. The fourth-order valence-corrected chi connectivity index (χ4v) is 3.55. The topological polar surface area (TPSA) is 70.5 Å². The van der Waals surface area contributed by atoms with Gasteiger partial charge in [0.15, 0.2) is 0 Å². The lowest BCUT2D eigenvalue weighted by Crippen LogP contribution is -2.30. The van der Waals surface area contributed by atoms with Crippen LogP contribution in [-0.2, 0) is 16.0 Å². The number of thiazole rings is 1. The molecule has 1 aliphatic heterocycles. The number of aryl methyl sites for hydroxylation is 1. The Labute approximate surface area is 126 Å². The number of carboxylic acid groups (broad SMARTS) is 1. The molecule has 0 spiro atoms. The van der Waals surface area contributed by atoms with Crippen molar-refractivity contribution in [2.75, 3.05) is 13.1 Å². The van der Waals surface area contributed by atoms with Crippen molar-refractivity contribution in [2.24, 2.45) is 5.92 Å². The van der Waals surface area contributed by atoms with Crippen LogP contribution in [-0.4, -0.2) is 40.0 Å². The lowest BCUT2D eigenvalue weighted by molar-refractivity contribution is -0.141. The summed E-state index contributed by atoms with van der Waals surface area (Å²) in [6.45, 7) is 0.893. The molecule has 0 aliphatic carbocycles. The second-order valence-corrected chi connectivity index (χ2v) is 6.35. The summed E-state index contributed by atoms with van der Waals surface area (Å²) < 4.78 is 1.13. The van der Waals surface area contributed by atoms with Crippen LogP contribution in [0.1, 0.15) is 17.8 Å². The molecule has 1 aromatic carbocycles. The molecular formula is C15H16N2O3S. The number of hydrogen-bond acceptors (Lipinski definition) is 4. The fraction of sp³-hybridized carbons (Fsp3) is 0.400. The van der Waals surface area contributed by atoms with Crippen molar-refractivity contribution in [2.45, 2.75) is 19.3 Å². The first-order valence-corrected chi connectivity index (χ1v) is 7.80. The van der Waals surface area contributed by atoms with Gasteiger partial charge in [0.2, 0.25) is 5.91 Å². The summed E-state index contributed by atoms with van der Waals surface area (Å²) in [6.07, 6.45) is 1.57. The number of carbonyl (C=O) groups is 2. The standard InChI is InChI=1S/C15H16N2O3S/c18-14(17-8-7-10(9-17)15(19)20)6-5-13-16-11-3-1-2-4-12(11)21-13/h1-4,10H,5-9H2,(H,19,20)/t10-/m0/s1. The van der Waals surface area contributed by atoms with Gasteiger partial charge in [-0.25, -0.2) is 4.98 Å². The number of aliphatic carboxylic acids is 1. The van der Waals surface area contributed by atoms with Gasteiger partial charge in [-0.2, -0.15) is 0 Å². The molecule has 1 saturated heterocycles. The van der Waals surface area contributed by atoms with E-state index in [4.69, 9.17) is 5.11 Å². The van der Waals surface area contributed by atoms with Crippen LogP contribution in [0.15, 0.2) is 24.3 Å². The molecule has 3 rings (SSSR count). The maximum atomic E-state index is 12.1. The van der Waals surface area contributed by atoms with Gasteiger partial charge in [-0.15, -0.1) is 11.3 Å². The Bertz CT molecular complexity index is 649. The minimum Gasteiger partial charge on any atom is -0.481 e. The molecule has 6 heteroatoms. The number of nitrogens with zero attached hydrogens (tertiary/aromatic N) is 2. The molecule has 0 saturated carbocycles. The van der Waals surface area contributed by atoms with E-state index in [0.29, 0.717) is 32.4 Å². The van der Waals surface area contributed by atoms with E-state index in [-0.39, 0.29) is 5.91 Å². The summed E-state index contributed by atoms with van der Waals surface area (Å²) in [5.74, 6) is -1.19. The molecule has 1 aliphatic rings. The number of para-hydroxylation sites is 1. The normalized spacial score (nSPS) is 18.3. The van der Waals surface area contributed by atoms with Gasteiger partial charge in [-0.3, -0.25) is 9.59 Å². The zero-order valence-electron chi connectivity index (χ0n) is 11.5. The molecule has 2 aromatic rings. The Hall–Kier alpha value is -1.95. The summed E-state index contributed by atoms with van der Waals surface area (Å²) in [5.41, 5.74) is 0.970. The highest BCUT2D eigenvalue weighted by molar-refractivity contribution is 7.18. The molecule has 0 unspecified atom stereocenters. The number of rotatable bonds is 4. The maximum absolute atomic E-state index is 12.1. The molecule has 1 aromatic heterocycles. The van der Waals surface area contributed by atoms with Crippen LogP contribution in [0.2, 0.25) is 0 Å². The monoisotopic (exact) mass is 304 g/mol. The molecule has 110 valence electrons. The van der Waals surface area contributed by atoms with Gasteiger partial charge in [0.25, 0.3) is 0 Å². The van der Waals surface area contributed by atoms with Crippen LogP contribution in [0, 0.1) is 5.92 Å². The quantitative estimate of drug-likeness (QED) is 0.939. The van der Waals surface area contributed by atoms with Gasteiger partial charge < -0.3 is 10.0 Å². The lowest BCUT2D eigenvalue weighted by Gasteiger charge is -2.15. The molecular weight excluding hydrogens is 288 g/mol. The van der Waals surface area contributed by atoms with Gasteiger partial charge in [0, 0.05) is 25.9 Å². The van der Waals surface area contributed by atoms with Gasteiger partial charge in [-0.1, -0.05) is 12.1 Å². The first kappa shape index (κ1) is 14.0. The van der Waals surface area contributed by atoms with E-state index in [0.717, 1.165) is 15.2 Å². The molecule has 21 heavy (non-hydrogen) atoms. The van der Waals surface area contributed by atoms with Gasteiger partial charge in [-0.05, 0) is 18.6 Å². The summed E-state index contributed by atoms with van der Waals surface area (Å²) in [4.78, 5) is 29.2. The average molecular weight is 304 g/mol. The molecule has 0 radical (unpaired) electrons. The smallest absolute Gasteiger partial charge is 0.308 e. The minimum atomic E-state index is -0.809. The number of carboxylic acids is 1.